The van der Waals surface area contributed by atoms with E-state index in [1.807, 2.05) is 6.07 Å². The molecule has 0 unspecified atom stereocenters. The Morgan fingerprint density at radius 3 is 2.75 bits per heavy atom. The molecule has 0 spiro atoms. The second-order valence-corrected chi connectivity index (χ2v) is 5.63. The standard InChI is InChI=1S/C15H23N3O2/c1-20-14-2-3-15(19)12(8-14)9-17-10-13(11-17)18-6-4-16-5-7-18/h2-3,8,13,16,19H,4-7,9-11H2,1H3. The van der Waals surface area contributed by atoms with Crippen LogP contribution in [0.3, 0.4) is 0 Å². The van der Waals surface area contributed by atoms with E-state index in [1.54, 1.807) is 19.2 Å². The highest BCUT2D eigenvalue weighted by molar-refractivity contribution is 5.39. The summed E-state index contributed by atoms with van der Waals surface area (Å²) in [5.74, 6) is 1.16. The van der Waals surface area contributed by atoms with Crippen LogP contribution >= 0.6 is 0 Å². The molecule has 1 aromatic rings. The Labute approximate surface area is 120 Å². The molecule has 2 fully saturated rings. The number of phenolic OH excluding ortho intramolecular Hbond substituents is 1. The van der Waals surface area contributed by atoms with Gasteiger partial charge in [0.1, 0.15) is 11.5 Å². The average molecular weight is 277 g/mol. The van der Waals surface area contributed by atoms with Gasteiger partial charge in [-0.05, 0) is 18.2 Å². The Morgan fingerprint density at radius 1 is 1.30 bits per heavy atom. The minimum Gasteiger partial charge on any atom is -0.508 e. The van der Waals surface area contributed by atoms with Gasteiger partial charge in [-0.15, -0.1) is 0 Å². The fourth-order valence-electron chi connectivity index (χ4n) is 3.01. The van der Waals surface area contributed by atoms with Crippen LogP contribution in [0.15, 0.2) is 18.2 Å². The zero-order valence-corrected chi connectivity index (χ0v) is 12.0. The fourth-order valence-corrected chi connectivity index (χ4v) is 3.01. The Balaban J connectivity index is 1.53. The number of phenols is 1. The molecule has 5 heteroatoms. The van der Waals surface area contributed by atoms with Gasteiger partial charge in [0.25, 0.3) is 0 Å². The quantitative estimate of drug-likeness (QED) is 0.839. The minimum atomic E-state index is 0.358. The van der Waals surface area contributed by atoms with Crippen LogP contribution in [0.25, 0.3) is 0 Å². The van der Waals surface area contributed by atoms with Gasteiger partial charge in [-0.3, -0.25) is 9.80 Å². The van der Waals surface area contributed by atoms with E-state index in [0.29, 0.717) is 11.8 Å². The molecular weight excluding hydrogens is 254 g/mol. The molecule has 0 bridgehead atoms. The van der Waals surface area contributed by atoms with Crippen LogP contribution in [0.1, 0.15) is 5.56 Å². The van der Waals surface area contributed by atoms with Gasteiger partial charge in [0.2, 0.25) is 0 Å². The van der Waals surface area contributed by atoms with E-state index in [0.717, 1.165) is 57.1 Å². The van der Waals surface area contributed by atoms with Gasteiger partial charge in [0.05, 0.1) is 7.11 Å². The first kappa shape index (κ1) is 13.7. The van der Waals surface area contributed by atoms with Crippen molar-refractivity contribution in [3.05, 3.63) is 23.8 Å². The summed E-state index contributed by atoms with van der Waals surface area (Å²) in [6, 6.07) is 6.11. The fraction of sp³-hybridized carbons (Fsp3) is 0.600. The van der Waals surface area contributed by atoms with Crippen molar-refractivity contribution in [1.29, 1.82) is 0 Å². The summed E-state index contributed by atoms with van der Waals surface area (Å²) in [6.45, 7) is 7.51. The summed E-state index contributed by atoms with van der Waals surface area (Å²) in [5, 5.41) is 13.3. The Hall–Kier alpha value is -1.30. The van der Waals surface area contributed by atoms with Gasteiger partial charge in [-0.25, -0.2) is 0 Å². The molecule has 2 heterocycles. The van der Waals surface area contributed by atoms with Crippen molar-refractivity contribution in [2.45, 2.75) is 12.6 Å². The monoisotopic (exact) mass is 277 g/mol. The molecule has 2 aliphatic heterocycles. The molecule has 0 atom stereocenters. The van der Waals surface area contributed by atoms with Crippen molar-refractivity contribution in [1.82, 2.24) is 15.1 Å². The van der Waals surface area contributed by atoms with Crippen molar-refractivity contribution in [3.63, 3.8) is 0 Å². The number of ether oxygens (including phenoxy) is 1. The SMILES string of the molecule is COc1ccc(O)c(CN2CC(N3CCNCC3)C2)c1. The van der Waals surface area contributed by atoms with Crippen LogP contribution in [0.4, 0.5) is 0 Å². The number of nitrogens with zero attached hydrogens (tertiary/aromatic N) is 2. The van der Waals surface area contributed by atoms with Crippen LogP contribution in [-0.2, 0) is 6.54 Å². The van der Waals surface area contributed by atoms with E-state index in [2.05, 4.69) is 15.1 Å². The normalized spacial score (nSPS) is 21.6. The Bertz CT molecular complexity index is 454. The number of likely N-dealkylation sites (tertiary alicyclic amines) is 1. The highest BCUT2D eigenvalue weighted by Gasteiger charge is 2.32. The highest BCUT2D eigenvalue weighted by Crippen LogP contribution is 2.26. The molecule has 0 saturated carbocycles. The van der Waals surface area contributed by atoms with Gasteiger partial charge in [0.15, 0.2) is 0 Å². The van der Waals surface area contributed by atoms with E-state index < -0.39 is 0 Å². The Kier molecular flexibility index (Phi) is 4.10. The van der Waals surface area contributed by atoms with Crippen molar-refractivity contribution >= 4 is 0 Å². The number of nitrogens with one attached hydrogen (secondary N) is 1. The van der Waals surface area contributed by atoms with Crippen molar-refractivity contribution < 1.29 is 9.84 Å². The maximum atomic E-state index is 9.91. The zero-order chi connectivity index (χ0) is 13.9. The smallest absolute Gasteiger partial charge is 0.120 e. The summed E-state index contributed by atoms with van der Waals surface area (Å²) in [7, 11) is 1.65. The highest BCUT2D eigenvalue weighted by atomic mass is 16.5. The van der Waals surface area contributed by atoms with E-state index in [-0.39, 0.29) is 0 Å². The lowest BCUT2D eigenvalue weighted by atomic mass is 10.0. The number of methoxy groups -OCH3 is 1. The molecule has 0 amide bonds. The Morgan fingerprint density at radius 2 is 2.05 bits per heavy atom. The summed E-state index contributed by atoms with van der Waals surface area (Å²) in [4.78, 5) is 4.94. The molecule has 110 valence electrons. The van der Waals surface area contributed by atoms with Crippen LogP contribution in [0.5, 0.6) is 11.5 Å². The molecular formula is C15H23N3O2. The van der Waals surface area contributed by atoms with Gasteiger partial charge < -0.3 is 15.2 Å². The second-order valence-electron chi connectivity index (χ2n) is 5.63. The molecule has 0 aliphatic carbocycles. The van der Waals surface area contributed by atoms with Crippen LogP contribution in [-0.4, -0.2) is 67.3 Å². The lowest BCUT2D eigenvalue weighted by Crippen LogP contribution is -2.62. The number of aromatic hydroxyl groups is 1. The molecule has 2 saturated heterocycles. The van der Waals surface area contributed by atoms with E-state index >= 15 is 0 Å². The number of benzene rings is 1. The maximum Gasteiger partial charge on any atom is 0.120 e. The number of piperazine rings is 1. The third-order valence-electron chi connectivity index (χ3n) is 4.29. The number of rotatable bonds is 4. The maximum absolute atomic E-state index is 9.91. The molecule has 5 nitrogen and oxygen atoms in total. The summed E-state index contributed by atoms with van der Waals surface area (Å²) in [6.07, 6.45) is 0. The largest absolute Gasteiger partial charge is 0.508 e. The van der Waals surface area contributed by atoms with Gasteiger partial charge >= 0.3 is 0 Å². The van der Waals surface area contributed by atoms with E-state index in [4.69, 9.17) is 4.74 Å². The molecule has 0 aromatic heterocycles. The number of hydrogen-bond acceptors (Lipinski definition) is 5. The van der Waals surface area contributed by atoms with Gasteiger partial charge in [-0.2, -0.15) is 0 Å². The molecule has 0 radical (unpaired) electrons. The topological polar surface area (TPSA) is 48.0 Å². The minimum absolute atomic E-state index is 0.358. The summed E-state index contributed by atoms with van der Waals surface area (Å²) < 4.78 is 5.21. The lowest BCUT2D eigenvalue weighted by molar-refractivity contribution is 0.0219. The first-order chi connectivity index (χ1) is 9.76. The predicted octanol–water partition coefficient (Wildman–Crippen LogP) is 0.490. The first-order valence-electron chi connectivity index (χ1n) is 7.29. The van der Waals surface area contributed by atoms with Crippen LogP contribution in [0.2, 0.25) is 0 Å². The van der Waals surface area contributed by atoms with Gasteiger partial charge in [-0.1, -0.05) is 0 Å². The van der Waals surface area contributed by atoms with Crippen LogP contribution < -0.4 is 10.1 Å². The molecule has 2 aliphatic rings. The molecule has 3 rings (SSSR count). The van der Waals surface area contributed by atoms with E-state index in [1.165, 1.54) is 0 Å². The van der Waals surface area contributed by atoms with Gasteiger partial charge in [0, 0.05) is 57.4 Å². The molecule has 20 heavy (non-hydrogen) atoms. The third kappa shape index (κ3) is 2.90. The van der Waals surface area contributed by atoms with Crippen molar-refractivity contribution in [3.8, 4) is 11.5 Å². The van der Waals surface area contributed by atoms with Crippen molar-refractivity contribution in [2.24, 2.45) is 0 Å². The zero-order valence-electron chi connectivity index (χ0n) is 12.0. The lowest BCUT2D eigenvalue weighted by Gasteiger charge is -2.47. The third-order valence-corrected chi connectivity index (χ3v) is 4.29. The summed E-state index contributed by atoms with van der Waals surface area (Å²) >= 11 is 0. The molecule has 1 aromatic carbocycles. The average Bonchev–Trinajstić information content (AvgIpc) is 2.45. The van der Waals surface area contributed by atoms with Crippen molar-refractivity contribution in [2.75, 3.05) is 46.4 Å². The number of hydrogen-bond donors (Lipinski definition) is 2. The first-order valence-corrected chi connectivity index (χ1v) is 7.29. The molecule has 2 N–H and O–H groups in total. The second kappa shape index (κ2) is 5.99. The summed E-state index contributed by atoms with van der Waals surface area (Å²) in [5.41, 5.74) is 0.947. The van der Waals surface area contributed by atoms with E-state index in [9.17, 15) is 5.11 Å². The predicted molar refractivity (Wildman–Crippen MR) is 78.2 cm³/mol. The van der Waals surface area contributed by atoms with Crippen LogP contribution in [0, 0.1) is 0 Å².